The van der Waals surface area contributed by atoms with Crippen LogP contribution in [-0.4, -0.2) is 36.1 Å². The molecule has 1 aromatic rings. The minimum absolute atomic E-state index is 0.0255. The average Bonchev–Trinajstić information content (AvgIpc) is 2.74. The number of hydrogen-bond donors (Lipinski definition) is 0. The summed E-state index contributed by atoms with van der Waals surface area (Å²) < 4.78 is 10.3. The Kier molecular flexibility index (Phi) is 4.01. The van der Waals surface area contributed by atoms with Gasteiger partial charge in [0.05, 0.1) is 25.8 Å². The lowest BCUT2D eigenvalue weighted by Gasteiger charge is -2.34. The Morgan fingerprint density at radius 3 is 3.00 bits per heavy atom. The fraction of sp³-hybridized carbons (Fsp3) is 0.692. The average molecular weight is 252 g/mol. The summed E-state index contributed by atoms with van der Waals surface area (Å²) in [5.41, 5.74) is 0. The first kappa shape index (κ1) is 13.1. The Hall–Kier alpha value is -1.36. The Balaban J connectivity index is 1.90. The van der Waals surface area contributed by atoms with E-state index in [1.165, 1.54) is 7.11 Å². The van der Waals surface area contributed by atoms with Gasteiger partial charge in [-0.1, -0.05) is 6.92 Å². The molecule has 2 unspecified atom stereocenters. The second kappa shape index (κ2) is 5.52. The van der Waals surface area contributed by atoms with Crippen LogP contribution in [0.15, 0.2) is 10.6 Å². The lowest BCUT2D eigenvalue weighted by molar-refractivity contribution is -0.149. The maximum atomic E-state index is 11.6. The van der Waals surface area contributed by atoms with Crippen molar-refractivity contribution in [3.05, 3.63) is 17.8 Å². The quantitative estimate of drug-likeness (QED) is 0.765. The number of ether oxygens (including phenoxy) is 1. The molecule has 1 aliphatic rings. The lowest BCUT2D eigenvalue weighted by Crippen LogP contribution is -2.42. The van der Waals surface area contributed by atoms with Crippen molar-refractivity contribution < 1.29 is 13.9 Å². The molecule has 2 rings (SSSR count). The lowest BCUT2D eigenvalue weighted by atomic mass is 9.87. The number of likely N-dealkylation sites (tertiary alicyclic amines) is 1. The summed E-state index contributed by atoms with van der Waals surface area (Å²) in [5.74, 6) is 1.83. The minimum Gasteiger partial charge on any atom is -0.469 e. The molecule has 0 saturated carbocycles. The molecule has 0 bridgehead atoms. The molecule has 0 amide bonds. The van der Waals surface area contributed by atoms with Crippen molar-refractivity contribution >= 4 is 5.97 Å². The van der Waals surface area contributed by atoms with E-state index in [0.29, 0.717) is 12.5 Å². The van der Waals surface area contributed by atoms with Crippen LogP contribution in [0, 0.1) is 18.8 Å². The molecule has 0 radical (unpaired) electrons. The molecule has 1 aliphatic heterocycles. The van der Waals surface area contributed by atoms with Gasteiger partial charge in [0.15, 0.2) is 0 Å². The summed E-state index contributed by atoms with van der Waals surface area (Å²) in [7, 11) is 1.46. The van der Waals surface area contributed by atoms with E-state index in [9.17, 15) is 4.79 Å². The molecular weight excluding hydrogens is 232 g/mol. The third kappa shape index (κ3) is 2.90. The van der Waals surface area contributed by atoms with Crippen molar-refractivity contribution in [2.24, 2.45) is 11.8 Å². The molecule has 0 aliphatic carbocycles. The summed E-state index contributed by atoms with van der Waals surface area (Å²) in [6.07, 6.45) is 2.58. The number of methoxy groups -OCH3 is 1. The normalized spacial score (nSPS) is 25.1. The zero-order valence-electron chi connectivity index (χ0n) is 11.2. The smallest absolute Gasteiger partial charge is 0.309 e. The van der Waals surface area contributed by atoms with Crippen molar-refractivity contribution in [3.63, 3.8) is 0 Å². The van der Waals surface area contributed by atoms with Crippen LogP contribution < -0.4 is 0 Å². The maximum Gasteiger partial charge on any atom is 0.309 e. The number of carbonyl (C=O) groups excluding carboxylic acids is 1. The van der Waals surface area contributed by atoms with Crippen LogP contribution in [0.5, 0.6) is 0 Å². The van der Waals surface area contributed by atoms with Crippen molar-refractivity contribution in [2.75, 3.05) is 20.2 Å². The van der Waals surface area contributed by atoms with Gasteiger partial charge < -0.3 is 9.15 Å². The molecule has 1 fully saturated rings. The highest BCUT2D eigenvalue weighted by Crippen LogP contribution is 2.25. The van der Waals surface area contributed by atoms with Gasteiger partial charge in [-0.15, -0.1) is 0 Å². The number of rotatable bonds is 3. The van der Waals surface area contributed by atoms with Crippen LogP contribution >= 0.6 is 0 Å². The minimum atomic E-state index is -0.0888. The summed E-state index contributed by atoms with van der Waals surface area (Å²) in [6.45, 7) is 6.45. The van der Waals surface area contributed by atoms with E-state index in [4.69, 9.17) is 9.15 Å². The fourth-order valence-corrected chi connectivity index (χ4v) is 2.54. The number of piperidine rings is 1. The molecule has 0 spiro atoms. The van der Waals surface area contributed by atoms with Gasteiger partial charge in [0, 0.05) is 6.54 Å². The first-order valence-corrected chi connectivity index (χ1v) is 6.31. The first-order chi connectivity index (χ1) is 8.60. The van der Waals surface area contributed by atoms with Gasteiger partial charge in [-0.3, -0.25) is 9.69 Å². The van der Waals surface area contributed by atoms with Crippen LogP contribution in [0.3, 0.4) is 0 Å². The van der Waals surface area contributed by atoms with E-state index in [-0.39, 0.29) is 11.9 Å². The van der Waals surface area contributed by atoms with Crippen molar-refractivity contribution in [3.8, 4) is 0 Å². The number of hydrogen-bond acceptors (Lipinski definition) is 5. The van der Waals surface area contributed by atoms with Gasteiger partial charge in [-0.2, -0.15) is 0 Å². The van der Waals surface area contributed by atoms with Crippen LogP contribution in [0.1, 0.15) is 25.0 Å². The van der Waals surface area contributed by atoms with Gasteiger partial charge in [0.25, 0.3) is 0 Å². The van der Waals surface area contributed by atoms with Crippen molar-refractivity contribution in [1.29, 1.82) is 0 Å². The van der Waals surface area contributed by atoms with Crippen molar-refractivity contribution in [2.45, 2.75) is 26.8 Å². The number of aryl methyl sites for hydroxylation is 1. The molecule has 2 atom stereocenters. The molecule has 5 nitrogen and oxygen atoms in total. The molecule has 1 saturated heterocycles. The second-order valence-electron chi connectivity index (χ2n) is 5.00. The Labute approximate surface area is 107 Å². The van der Waals surface area contributed by atoms with Crippen LogP contribution in [-0.2, 0) is 16.1 Å². The molecule has 18 heavy (non-hydrogen) atoms. The number of nitrogens with zero attached hydrogens (tertiary/aromatic N) is 2. The Morgan fingerprint density at radius 1 is 1.67 bits per heavy atom. The highest BCUT2D eigenvalue weighted by molar-refractivity contribution is 5.72. The zero-order chi connectivity index (χ0) is 13.1. The summed E-state index contributed by atoms with van der Waals surface area (Å²) in [5, 5.41) is 0. The molecule has 1 aromatic heterocycles. The van der Waals surface area contributed by atoms with E-state index >= 15 is 0 Å². The maximum absolute atomic E-state index is 11.6. The predicted octanol–water partition coefficient (Wildman–Crippen LogP) is 1.61. The SMILES string of the molecule is COC(=O)C1CCN(Cc2ncc(C)o2)CC1C. The standard InChI is InChI=1S/C13H20N2O3/c1-9-7-15(5-4-11(9)13(16)17-3)8-12-14-6-10(2)18-12/h6,9,11H,4-5,7-8H2,1-3H3. The highest BCUT2D eigenvalue weighted by Gasteiger charge is 2.32. The number of carbonyl (C=O) groups is 1. The number of oxazole rings is 1. The monoisotopic (exact) mass is 252 g/mol. The summed E-state index contributed by atoms with van der Waals surface area (Å²) in [4.78, 5) is 18.1. The van der Waals surface area contributed by atoms with Crippen LogP contribution in [0.2, 0.25) is 0 Å². The molecule has 0 aromatic carbocycles. The van der Waals surface area contributed by atoms with Gasteiger partial charge >= 0.3 is 5.97 Å². The van der Waals surface area contributed by atoms with E-state index in [0.717, 1.165) is 31.2 Å². The molecule has 100 valence electrons. The van der Waals surface area contributed by atoms with Gasteiger partial charge in [0.2, 0.25) is 5.89 Å². The first-order valence-electron chi connectivity index (χ1n) is 6.31. The largest absolute Gasteiger partial charge is 0.469 e. The van der Waals surface area contributed by atoms with E-state index in [1.54, 1.807) is 6.20 Å². The van der Waals surface area contributed by atoms with Gasteiger partial charge in [0.1, 0.15) is 5.76 Å². The Bertz CT molecular complexity index is 416. The third-order valence-electron chi connectivity index (χ3n) is 3.52. The number of aromatic nitrogens is 1. The highest BCUT2D eigenvalue weighted by atomic mass is 16.5. The Morgan fingerprint density at radius 2 is 2.44 bits per heavy atom. The second-order valence-corrected chi connectivity index (χ2v) is 5.00. The van der Waals surface area contributed by atoms with Crippen LogP contribution in [0.25, 0.3) is 0 Å². The van der Waals surface area contributed by atoms with E-state index in [2.05, 4.69) is 16.8 Å². The summed E-state index contributed by atoms with van der Waals surface area (Å²) in [6, 6.07) is 0. The molecular formula is C13H20N2O3. The van der Waals surface area contributed by atoms with Crippen molar-refractivity contribution in [1.82, 2.24) is 9.88 Å². The molecule has 2 heterocycles. The van der Waals surface area contributed by atoms with Crippen LogP contribution in [0.4, 0.5) is 0 Å². The van der Waals surface area contributed by atoms with Gasteiger partial charge in [-0.05, 0) is 25.8 Å². The van der Waals surface area contributed by atoms with Gasteiger partial charge in [-0.25, -0.2) is 4.98 Å². The zero-order valence-corrected chi connectivity index (χ0v) is 11.2. The predicted molar refractivity (Wildman–Crippen MR) is 65.8 cm³/mol. The van der Waals surface area contributed by atoms with E-state index in [1.807, 2.05) is 6.92 Å². The fourth-order valence-electron chi connectivity index (χ4n) is 2.54. The van der Waals surface area contributed by atoms with E-state index < -0.39 is 0 Å². The molecule has 5 heteroatoms. The topological polar surface area (TPSA) is 55.6 Å². The summed E-state index contributed by atoms with van der Waals surface area (Å²) >= 11 is 0. The third-order valence-corrected chi connectivity index (χ3v) is 3.52. The number of esters is 1. The molecule has 0 N–H and O–H groups in total.